The summed E-state index contributed by atoms with van der Waals surface area (Å²) in [6, 6.07) is 16.2. The zero-order valence-electron chi connectivity index (χ0n) is 20.4. The predicted molar refractivity (Wildman–Crippen MR) is 142 cm³/mol. The summed E-state index contributed by atoms with van der Waals surface area (Å²) in [5.41, 5.74) is 2.32. The van der Waals surface area contributed by atoms with E-state index in [4.69, 9.17) is 21.7 Å². The molecule has 1 aliphatic heterocycles. The maximum absolute atomic E-state index is 13.6. The fourth-order valence-electron chi connectivity index (χ4n) is 3.96. The van der Waals surface area contributed by atoms with Crippen LogP contribution in [0.4, 0.5) is 11.4 Å². The number of hydrogen-bond donors (Lipinski definition) is 1. The number of anilines is 2. The lowest BCUT2D eigenvalue weighted by Gasteiger charge is -2.24. The maximum atomic E-state index is 13.6. The first kappa shape index (κ1) is 25.8. The van der Waals surface area contributed by atoms with Crippen LogP contribution in [-0.2, 0) is 20.9 Å². The molecule has 1 fully saturated rings. The van der Waals surface area contributed by atoms with Crippen molar-refractivity contribution >= 4 is 46.5 Å². The Balaban J connectivity index is 1.53. The number of esters is 1. The number of thiocarbonyl (C=S) groups is 1. The SMILES string of the molecule is CCOC(=O)c1ccc(NC(=O)C[C@H]2C(=O)N(c3ccc(OC)cc3)C(=S)N2Cc2cccnc2)cc1. The van der Waals surface area contributed by atoms with Gasteiger partial charge in [0.2, 0.25) is 5.91 Å². The highest BCUT2D eigenvalue weighted by Crippen LogP contribution is 2.30. The van der Waals surface area contributed by atoms with E-state index in [1.807, 2.05) is 6.07 Å². The lowest BCUT2D eigenvalue weighted by Crippen LogP contribution is -2.37. The lowest BCUT2D eigenvalue weighted by molar-refractivity contribution is -0.124. The molecule has 0 unspecified atom stereocenters. The highest BCUT2D eigenvalue weighted by atomic mass is 32.1. The number of carbonyl (C=O) groups is 3. The first-order valence-electron chi connectivity index (χ1n) is 11.7. The van der Waals surface area contributed by atoms with Crippen molar-refractivity contribution in [2.24, 2.45) is 0 Å². The summed E-state index contributed by atoms with van der Waals surface area (Å²) in [6.45, 7) is 2.32. The van der Waals surface area contributed by atoms with E-state index in [0.717, 1.165) is 5.56 Å². The van der Waals surface area contributed by atoms with Crippen molar-refractivity contribution in [3.8, 4) is 5.75 Å². The van der Waals surface area contributed by atoms with Crippen LogP contribution in [0.15, 0.2) is 73.1 Å². The quantitative estimate of drug-likeness (QED) is 0.337. The molecule has 190 valence electrons. The van der Waals surface area contributed by atoms with Crippen molar-refractivity contribution in [1.82, 2.24) is 9.88 Å². The van der Waals surface area contributed by atoms with Crippen LogP contribution in [-0.4, -0.2) is 52.5 Å². The Morgan fingerprint density at radius 2 is 1.81 bits per heavy atom. The van der Waals surface area contributed by atoms with Gasteiger partial charge in [-0.15, -0.1) is 0 Å². The van der Waals surface area contributed by atoms with Crippen LogP contribution in [0.2, 0.25) is 0 Å². The van der Waals surface area contributed by atoms with E-state index in [1.54, 1.807) is 85.9 Å². The van der Waals surface area contributed by atoms with E-state index in [9.17, 15) is 14.4 Å². The molecule has 1 saturated heterocycles. The minimum Gasteiger partial charge on any atom is -0.497 e. The van der Waals surface area contributed by atoms with Gasteiger partial charge in [0.15, 0.2) is 5.11 Å². The zero-order chi connectivity index (χ0) is 26.4. The van der Waals surface area contributed by atoms with Crippen molar-refractivity contribution in [2.75, 3.05) is 23.9 Å². The summed E-state index contributed by atoms with van der Waals surface area (Å²) in [5.74, 6) is -0.446. The van der Waals surface area contributed by atoms with Crippen LogP contribution in [0.3, 0.4) is 0 Å². The largest absolute Gasteiger partial charge is 0.497 e. The molecule has 3 aromatic rings. The normalized spacial score (nSPS) is 15.0. The molecule has 2 heterocycles. The van der Waals surface area contributed by atoms with Crippen molar-refractivity contribution in [3.05, 3.63) is 84.2 Å². The van der Waals surface area contributed by atoms with Crippen molar-refractivity contribution < 1.29 is 23.9 Å². The summed E-state index contributed by atoms with van der Waals surface area (Å²) in [7, 11) is 1.56. The second kappa shape index (κ2) is 11.6. The standard InChI is InChI=1S/C27H26N4O5S/c1-3-36-26(34)19-6-8-20(9-7-19)29-24(32)15-23-25(33)31(21-10-12-22(35-2)13-11-21)27(37)30(23)17-18-5-4-14-28-16-18/h4-14,16,23H,3,15,17H2,1-2H3,(H,29,32)/t23-/m0/s1. The minimum absolute atomic E-state index is 0.120. The molecule has 1 N–H and O–H groups in total. The number of benzene rings is 2. The Morgan fingerprint density at radius 1 is 1.08 bits per heavy atom. The average molecular weight is 519 g/mol. The van der Waals surface area contributed by atoms with Crippen molar-refractivity contribution in [2.45, 2.75) is 25.9 Å². The number of ether oxygens (including phenoxy) is 2. The van der Waals surface area contributed by atoms with Crippen LogP contribution < -0.4 is 15.0 Å². The van der Waals surface area contributed by atoms with Crippen LogP contribution in [0.25, 0.3) is 0 Å². The van der Waals surface area contributed by atoms with Gasteiger partial charge >= 0.3 is 5.97 Å². The van der Waals surface area contributed by atoms with E-state index in [1.165, 1.54) is 4.90 Å². The number of amides is 2. The number of methoxy groups -OCH3 is 1. The number of carbonyl (C=O) groups excluding carboxylic acids is 3. The fourth-order valence-corrected chi connectivity index (χ4v) is 4.35. The Morgan fingerprint density at radius 3 is 2.43 bits per heavy atom. The Kier molecular flexibility index (Phi) is 8.09. The third-order valence-electron chi connectivity index (χ3n) is 5.78. The van der Waals surface area contributed by atoms with E-state index >= 15 is 0 Å². The molecule has 1 aromatic heterocycles. The van der Waals surface area contributed by atoms with Gasteiger partial charge in [0.1, 0.15) is 11.8 Å². The molecule has 2 aromatic carbocycles. The molecule has 1 aliphatic rings. The summed E-state index contributed by atoms with van der Waals surface area (Å²) in [5, 5.41) is 3.10. The smallest absolute Gasteiger partial charge is 0.338 e. The lowest BCUT2D eigenvalue weighted by atomic mass is 10.1. The van der Waals surface area contributed by atoms with E-state index < -0.39 is 12.0 Å². The Bertz CT molecular complexity index is 1280. The minimum atomic E-state index is -0.811. The summed E-state index contributed by atoms with van der Waals surface area (Å²) >= 11 is 5.71. The van der Waals surface area contributed by atoms with Crippen molar-refractivity contribution in [3.63, 3.8) is 0 Å². The molecule has 0 bridgehead atoms. The summed E-state index contributed by atoms with van der Waals surface area (Å²) in [4.78, 5) is 45.7. The second-order valence-corrected chi connectivity index (χ2v) is 8.57. The highest BCUT2D eigenvalue weighted by molar-refractivity contribution is 7.80. The van der Waals surface area contributed by atoms with Crippen LogP contribution >= 0.6 is 12.2 Å². The average Bonchev–Trinajstić information content (AvgIpc) is 3.13. The van der Waals surface area contributed by atoms with Crippen LogP contribution in [0.5, 0.6) is 5.75 Å². The first-order valence-corrected chi connectivity index (χ1v) is 12.1. The molecule has 10 heteroatoms. The van der Waals surface area contributed by atoms with E-state index in [2.05, 4.69) is 10.3 Å². The molecular formula is C27H26N4O5S. The molecule has 0 radical (unpaired) electrons. The van der Waals surface area contributed by atoms with Crippen molar-refractivity contribution in [1.29, 1.82) is 0 Å². The number of hydrogen-bond acceptors (Lipinski definition) is 7. The fraction of sp³-hybridized carbons (Fsp3) is 0.222. The van der Waals surface area contributed by atoms with Gasteiger partial charge < -0.3 is 19.7 Å². The third kappa shape index (κ3) is 5.92. The van der Waals surface area contributed by atoms with Crippen LogP contribution in [0, 0.1) is 0 Å². The molecule has 9 nitrogen and oxygen atoms in total. The summed E-state index contributed by atoms with van der Waals surface area (Å²) in [6.07, 6.45) is 3.25. The van der Waals surface area contributed by atoms with Gasteiger partial charge in [0, 0.05) is 24.6 Å². The van der Waals surface area contributed by atoms with Gasteiger partial charge in [-0.1, -0.05) is 6.07 Å². The molecule has 0 spiro atoms. The molecule has 4 rings (SSSR count). The zero-order valence-corrected chi connectivity index (χ0v) is 21.2. The molecule has 0 aliphatic carbocycles. The van der Waals surface area contributed by atoms with Crippen LogP contribution in [0.1, 0.15) is 29.3 Å². The summed E-state index contributed by atoms with van der Waals surface area (Å²) < 4.78 is 10.2. The van der Waals surface area contributed by atoms with Gasteiger partial charge in [-0.2, -0.15) is 0 Å². The highest BCUT2D eigenvalue weighted by Gasteiger charge is 2.44. The number of nitrogens with zero attached hydrogens (tertiary/aromatic N) is 3. The third-order valence-corrected chi connectivity index (χ3v) is 6.20. The van der Waals surface area contributed by atoms with E-state index in [-0.39, 0.29) is 24.8 Å². The van der Waals surface area contributed by atoms with Gasteiger partial charge in [-0.25, -0.2) is 4.79 Å². The molecule has 0 saturated carbocycles. The van der Waals surface area contributed by atoms with E-state index in [0.29, 0.717) is 34.3 Å². The van der Waals surface area contributed by atoms with Gasteiger partial charge in [0.05, 0.1) is 31.4 Å². The van der Waals surface area contributed by atoms with Gasteiger partial charge in [-0.05, 0) is 79.3 Å². The number of pyridine rings is 1. The first-order chi connectivity index (χ1) is 17.9. The second-order valence-electron chi connectivity index (χ2n) is 8.21. The maximum Gasteiger partial charge on any atom is 0.338 e. The topological polar surface area (TPSA) is 101 Å². The van der Waals surface area contributed by atoms with Gasteiger partial charge in [0.25, 0.3) is 5.91 Å². The Labute approximate surface area is 220 Å². The molecule has 2 amide bonds. The predicted octanol–water partition coefficient (Wildman–Crippen LogP) is 3.80. The van der Waals surface area contributed by atoms with Gasteiger partial charge in [-0.3, -0.25) is 19.5 Å². The number of nitrogens with one attached hydrogen (secondary N) is 1. The number of aromatic nitrogens is 1. The molecule has 1 atom stereocenters. The number of rotatable bonds is 9. The monoisotopic (exact) mass is 518 g/mol. The molecular weight excluding hydrogens is 492 g/mol. The Hall–Kier alpha value is -4.31. The molecule has 37 heavy (non-hydrogen) atoms.